The molecule has 0 radical (unpaired) electrons. The van der Waals surface area contributed by atoms with Gasteiger partial charge < -0.3 is 5.32 Å². The molecule has 0 heterocycles. The van der Waals surface area contributed by atoms with Gasteiger partial charge in [-0.05, 0) is 115 Å². The molecule has 162 valence electrons. The summed E-state index contributed by atoms with van der Waals surface area (Å²) in [6, 6.07) is 16.9. The van der Waals surface area contributed by atoms with Crippen molar-refractivity contribution in [2.45, 2.75) is 25.7 Å². The Bertz CT molecular complexity index is 1230. The molecule has 0 spiro atoms. The summed E-state index contributed by atoms with van der Waals surface area (Å²) in [5.41, 5.74) is 3.94. The van der Waals surface area contributed by atoms with Gasteiger partial charge in [0.2, 0.25) is 5.91 Å². The molecule has 0 unspecified atom stereocenters. The maximum atomic E-state index is 13.4. The van der Waals surface area contributed by atoms with Crippen LogP contribution in [0, 0.1) is 24.3 Å². The van der Waals surface area contributed by atoms with Gasteiger partial charge in [0, 0.05) is 14.3 Å². The van der Waals surface area contributed by atoms with E-state index in [4.69, 9.17) is 11.6 Å². The van der Waals surface area contributed by atoms with Gasteiger partial charge in [-0.25, -0.2) is 8.42 Å². The van der Waals surface area contributed by atoms with Gasteiger partial charge in [-0.15, -0.1) is 0 Å². The summed E-state index contributed by atoms with van der Waals surface area (Å²) < 4.78 is 29.1. The predicted octanol–water partition coefficient (Wildman–Crippen LogP) is 5.70. The van der Waals surface area contributed by atoms with E-state index in [1.54, 1.807) is 12.1 Å². The maximum Gasteiger partial charge on any atom is 0.264 e. The zero-order valence-electron chi connectivity index (χ0n) is 17.3. The number of hydrogen-bond donors (Lipinski definition) is 1. The van der Waals surface area contributed by atoms with Gasteiger partial charge in [0.1, 0.15) is 6.54 Å². The first-order valence-electron chi connectivity index (χ1n) is 9.49. The number of sulfonamides is 1. The molecule has 0 aliphatic rings. The SMILES string of the molecule is Cc1ccc(N(CC(=O)Nc2ccc(I)cc2C)S(=O)(=O)c2ccc(Cl)cc2)cc1C. The van der Waals surface area contributed by atoms with Crippen LogP contribution in [0.1, 0.15) is 16.7 Å². The first-order chi connectivity index (χ1) is 14.6. The number of aryl methyl sites for hydroxylation is 3. The smallest absolute Gasteiger partial charge is 0.264 e. The Kier molecular flexibility index (Phi) is 7.28. The van der Waals surface area contributed by atoms with Gasteiger partial charge >= 0.3 is 0 Å². The van der Waals surface area contributed by atoms with E-state index in [1.165, 1.54) is 24.3 Å². The van der Waals surface area contributed by atoms with Crippen molar-refractivity contribution in [3.8, 4) is 0 Å². The Morgan fingerprint density at radius 3 is 2.23 bits per heavy atom. The first kappa shape index (κ1) is 23.6. The van der Waals surface area contributed by atoms with Gasteiger partial charge in [0.25, 0.3) is 10.0 Å². The van der Waals surface area contributed by atoms with Crippen molar-refractivity contribution in [1.29, 1.82) is 0 Å². The lowest BCUT2D eigenvalue weighted by atomic mass is 10.1. The highest BCUT2D eigenvalue weighted by atomic mass is 127. The summed E-state index contributed by atoms with van der Waals surface area (Å²) in [6.07, 6.45) is 0. The summed E-state index contributed by atoms with van der Waals surface area (Å²) in [7, 11) is -3.99. The van der Waals surface area contributed by atoms with Crippen LogP contribution < -0.4 is 9.62 Å². The molecule has 0 aromatic heterocycles. The van der Waals surface area contributed by atoms with Gasteiger partial charge in [0.05, 0.1) is 10.6 Å². The van der Waals surface area contributed by atoms with Crippen LogP contribution >= 0.6 is 34.2 Å². The lowest BCUT2D eigenvalue weighted by Gasteiger charge is -2.25. The Hall–Kier alpha value is -2.10. The van der Waals surface area contributed by atoms with E-state index >= 15 is 0 Å². The van der Waals surface area contributed by atoms with Crippen LogP contribution in [0.3, 0.4) is 0 Å². The molecule has 1 amide bonds. The second-order valence-corrected chi connectivity index (χ2v) is 10.8. The van der Waals surface area contributed by atoms with Crippen LogP contribution in [0.25, 0.3) is 0 Å². The number of carbonyl (C=O) groups excluding carboxylic acids is 1. The van der Waals surface area contributed by atoms with Crippen molar-refractivity contribution < 1.29 is 13.2 Å². The number of carbonyl (C=O) groups is 1. The maximum absolute atomic E-state index is 13.4. The first-order valence-corrected chi connectivity index (χ1v) is 12.4. The number of amides is 1. The van der Waals surface area contributed by atoms with Gasteiger partial charge in [-0.3, -0.25) is 9.10 Å². The summed E-state index contributed by atoms with van der Waals surface area (Å²) in [5.74, 6) is -0.430. The third-order valence-corrected chi connectivity index (χ3v) is 7.64. The number of rotatable bonds is 6. The normalized spacial score (nSPS) is 11.3. The highest BCUT2D eigenvalue weighted by Crippen LogP contribution is 2.27. The van der Waals surface area contributed by atoms with Crippen molar-refractivity contribution >= 4 is 61.5 Å². The molecule has 5 nitrogen and oxygen atoms in total. The van der Waals surface area contributed by atoms with Crippen LogP contribution in [0.2, 0.25) is 5.02 Å². The highest BCUT2D eigenvalue weighted by molar-refractivity contribution is 14.1. The molecule has 1 N–H and O–H groups in total. The number of nitrogens with one attached hydrogen (secondary N) is 1. The van der Waals surface area contributed by atoms with Crippen molar-refractivity contribution in [3.05, 3.63) is 85.9 Å². The van der Waals surface area contributed by atoms with Crippen molar-refractivity contribution in [3.63, 3.8) is 0 Å². The van der Waals surface area contributed by atoms with E-state index < -0.39 is 15.9 Å². The molecule has 3 aromatic carbocycles. The monoisotopic (exact) mass is 568 g/mol. The topological polar surface area (TPSA) is 66.5 Å². The zero-order valence-corrected chi connectivity index (χ0v) is 21.0. The number of nitrogens with zero attached hydrogens (tertiary/aromatic N) is 1. The van der Waals surface area contributed by atoms with Gasteiger partial charge in [-0.1, -0.05) is 17.7 Å². The van der Waals surface area contributed by atoms with Gasteiger partial charge in [0.15, 0.2) is 0 Å². The lowest BCUT2D eigenvalue weighted by molar-refractivity contribution is -0.114. The Morgan fingerprint density at radius 1 is 0.935 bits per heavy atom. The number of halogens is 2. The fourth-order valence-electron chi connectivity index (χ4n) is 3.02. The van der Waals surface area contributed by atoms with E-state index in [2.05, 4.69) is 27.9 Å². The minimum atomic E-state index is -3.99. The second-order valence-electron chi connectivity index (χ2n) is 7.24. The average molecular weight is 569 g/mol. The van der Waals surface area contributed by atoms with E-state index in [0.29, 0.717) is 16.4 Å². The third kappa shape index (κ3) is 5.58. The largest absolute Gasteiger partial charge is 0.324 e. The third-order valence-electron chi connectivity index (χ3n) is 4.93. The Balaban J connectivity index is 1.98. The summed E-state index contributed by atoms with van der Waals surface area (Å²) in [4.78, 5) is 12.9. The van der Waals surface area contributed by atoms with Crippen LogP contribution in [-0.4, -0.2) is 20.9 Å². The molecule has 0 fully saturated rings. The van der Waals surface area contributed by atoms with Crippen LogP contribution in [0.5, 0.6) is 0 Å². The standard InChI is InChI=1S/C23H22ClIN2O3S/c1-15-4-8-20(13-16(15)2)27(31(29,30)21-9-5-18(24)6-10-21)14-23(28)26-22-11-7-19(25)12-17(22)3/h4-13H,14H2,1-3H3,(H,26,28). The van der Waals surface area contributed by atoms with E-state index in [1.807, 2.05) is 45.0 Å². The summed E-state index contributed by atoms with van der Waals surface area (Å²) in [5, 5.41) is 3.26. The molecular formula is C23H22ClIN2O3S. The van der Waals surface area contributed by atoms with Crippen molar-refractivity contribution in [2.75, 3.05) is 16.2 Å². The molecule has 3 aromatic rings. The molecular weight excluding hydrogens is 547 g/mol. The Labute approximate surface area is 201 Å². The highest BCUT2D eigenvalue weighted by Gasteiger charge is 2.27. The van der Waals surface area contributed by atoms with E-state index in [0.717, 1.165) is 24.6 Å². The predicted molar refractivity (Wildman–Crippen MR) is 134 cm³/mol. The second kappa shape index (κ2) is 9.58. The molecule has 0 aliphatic carbocycles. The van der Waals surface area contributed by atoms with Crippen LogP contribution in [0.15, 0.2) is 65.6 Å². The molecule has 0 saturated carbocycles. The number of benzene rings is 3. The summed E-state index contributed by atoms with van der Waals surface area (Å²) >= 11 is 8.12. The number of hydrogen-bond acceptors (Lipinski definition) is 3. The molecule has 0 aliphatic heterocycles. The minimum Gasteiger partial charge on any atom is -0.324 e. The average Bonchev–Trinajstić information content (AvgIpc) is 2.71. The zero-order chi connectivity index (χ0) is 22.8. The molecule has 0 atom stereocenters. The fraction of sp³-hybridized carbons (Fsp3) is 0.174. The molecule has 3 rings (SSSR count). The minimum absolute atomic E-state index is 0.0633. The van der Waals surface area contributed by atoms with Crippen LogP contribution in [0.4, 0.5) is 11.4 Å². The van der Waals surface area contributed by atoms with E-state index in [9.17, 15) is 13.2 Å². The van der Waals surface area contributed by atoms with E-state index in [-0.39, 0.29) is 11.4 Å². The van der Waals surface area contributed by atoms with Crippen LogP contribution in [-0.2, 0) is 14.8 Å². The lowest BCUT2D eigenvalue weighted by Crippen LogP contribution is -2.38. The quantitative estimate of drug-likeness (QED) is 0.388. The van der Waals surface area contributed by atoms with Crippen molar-refractivity contribution in [2.24, 2.45) is 0 Å². The van der Waals surface area contributed by atoms with Gasteiger partial charge in [-0.2, -0.15) is 0 Å². The Morgan fingerprint density at radius 2 is 1.61 bits per heavy atom. The summed E-state index contributed by atoms with van der Waals surface area (Å²) in [6.45, 7) is 5.38. The number of anilines is 2. The molecule has 8 heteroatoms. The molecule has 31 heavy (non-hydrogen) atoms. The molecule has 0 saturated heterocycles. The fourth-order valence-corrected chi connectivity index (χ4v) is 5.20. The van der Waals surface area contributed by atoms with Crippen molar-refractivity contribution in [1.82, 2.24) is 0 Å². The molecule has 0 bridgehead atoms.